The molecule has 3 heteroatoms. The highest BCUT2D eigenvalue weighted by atomic mass is 16.7. The Balaban J connectivity index is 2.03. The minimum absolute atomic E-state index is 0.166. The number of hydrogen-bond acceptors (Lipinski definition) is 3. The summed E-state index contributed by atoms with van der Waals surface area (Å²) in [6.07, 6.45) is 3.86. The molecule has 0 saturated heterocycles. The second kappa shape index (κ2) is 4.11. The predicted octanol–water partition coefficient (Wildman–Crippen LogP) is 2.39. The van der Waals surface area contributed by atoms with Crippen LogP contribution in [0.25, 0.3) is 0 Å². The first-order chi connectivity index (χ1) is 7.50. The van der Waals surface area contributed by atoms with Crippen molar-refractivity contribution < 1.29 is 14.3 Å². The van der Waals surface area contributed by atoms with Gasteiger partial charge in [0.1, 0.15) is 12.6 Å². The standard InChI is InChI=1S/C13H22O3/c1-12-4-5-13(2,8-16-9-15-3)11(12)6-10(14)7-12/h11H,4-9H2,1-3H3/t11-,12+,13+/m0/s1. The summed E-state index contributed by atoms with van der Waals surface area (Å²) in [5, 5.41) is 0. The predicted molar refractivity (Wildman–Crippen MR) is 61.0 cm³/mol. The first kappa shape index (κ1) is 12.1. The second-order valence-corrected chi connectivity index (χ2v) is 6.04. The molecule has 0 spiro atoms. The molecule has 0 aromatic heterocycles. The first-order valence-electron chi connectivity index (χ1n) is 6.09. The van der Waals surface area contributed by atoms with Gasteiger partial charge in [0.05, 0.1) is 6.61 Å². The summed E-state index contributed by atoms with van der Waals surface area (Å²) in [6, 6.07) is 0. The van der Waals surface area contributed by atoms with Crippen molar-refractivity contribution in [1.29, 1.82) is 0 Å². The number of ether oxygens (including phenoxy) is 2. The molecule has 0 radical (unpaired) electrons. The average Bonchev–Trinajstić information content (AvgIpc) is 2.63. The third-order valence-electron chi connectivity index (χ3n) is 4.62. The monoisotopic (exact) mass is 226 g/mol. The van der Waals surface area contributed by atoms with E-state index in [1.165, 1.54) is 6.42 Å². The molecule has 3 atom stereocenters. The molecule has 16 heavy (non-hydrogen) atoms. The fourth-order valence-corrected chi connectivity index (χ4v) is 3.75. The van der Waals surface area contributed by atoms with Crippen molar-refractivity contribution in [3.63, 3.8) is 0 Å². The van der Waals surface area contributed by atoms with Gasteiger partial charge in [-0.2, -0.15) is 0 Å². The van der Waals surface area contributed by atoms with Crippen LogP contribution in [0.2, 0.25) is 0 Å². The highest BCUT2D eigenvalue weighted by Crippen LogP contribution is 2.60. The molecule has 0 heterocycles. The van der Waals surface area contributed by atoms with Gasteiger partial charge in [-0.25, -0.2) is 0 Å². The van der Waals surface area contributed by atoms with Crippen molar-refractivity contribution in [2.75, 3.05) is 20.5 Å². The molecular formula is C13H22O3. The van der Waals surface area contributed by atoms with E-state index in [4.69, 9.17) is 9.47 Å². The van der Waals surface area contributed by atoms with Crippen LogP contribution in [0.3, 0.4) is 0 Å². The lowest BCUT2D eigenvalue weighted by Gasteiger charge is -2.33. The third kappa shape index (κ3) is 1.91. The lowest BCUT2D eigenvalue weighted by molar-refractivity contribution is -0.118. The zero-order chi connectivity index (χ0) is 11.8. The summed E-state index contributed by atoms with van der Waals surface area (Å²) >= 11 is 0. The van der Waals surface area contributed by atoms with Crippen molar-refractivity contribution in [2.45, 2.75) is 39.5 Å². The Kier molecular flexibility index (Phi) is 3.10. The van der Waals surface area contributed by atoms with E-state index in [1.807, 2.05) is 0 Å². The summed E-state index contributed by atoms with van der Waals surface area (Å²) in [6.45, 7) is 5.60. The summed E-state index contributed by atoms with van der Waals surface area (Å²) < 4.78 is 10.4. The van der Waals surface area contributed by atoms with Crippen LogP contribution < -0.4 is 0 Å². The Bertz CT molecular complexity index is 289. The van der Waals surface area contributed by atoms with E-state index in [2.05, 4.69) is 13.8 Å². The first-order valence-corrected chi connectivity index (χ1v) is 6.09. The molecule has 92 valence electrons. The zero-order valence-corrected chi connectivity index (χ0v) is 10.5. The molecule has 0 amide bonds. The summed E-state index contributed by atoms with van der Waals surface area (Å²) in [4.78, 5) is 11.6. The van der Waals surface area contributed by atoms with Gasteiger partial charge in [0, 0.05) is 20.0 Å². The molecule has 3 nitrogen and oxygen atoms in total. The van der Waals surface area contributed by atoms with E-state index in [0.717, 1.165) is 19.3 Å². The van der Waals surface area contributed by atoms with Gasteiger partial charge in [-0.3, -0.25) is 4.79 Å². The van der Waals surface area contributed by atoms with Gasteiger partial charge in [0.25, 0.3) is 0 Å². The van der Waals surface area contributed by atoms with E-state index < -0.39 is 0 Å². The normalized spacial score (nSPS) is 42.7. The maximum absolute atomic E-state index is 11.6. The Morgan fingerprint density at radius 2 is 2.12 bits per heavy atom. The Hall–Kier alpha value is -0.410. The lowest BCUT2D eigenvalue weighted by atomic mass is 9.73. The highest BCUT2D eigenvalue weighted by molar-refractivity contribution is 5.82. The van der Waals surface area contributed by atoms with Crippen molar-refractivity contribution in [3.05, 3.63) is 0 Å². The SMILES string of the molecule is COCOC[C@@]1(C)CC[C@]2(C)CC(=O)C[C@H]12. The van der Waals surface area contributed by atoms with E-state index in [0.29, 0.717) is 25.1 Å². The van der Waals surface area contributed by atoms with Crippen molar-refractivity contribution >= 4 is 5.78 Å². The Morgan fingerprint density at radius 1 is 1.38 bits per heavy atom. The molecule has 2 saturated carbocycles. The summed E-state index contributed by atoms with van der Waals surface area (Å²) in [5.41, 5.74) is 0.404. The minimum Gasteiger partial charge on any atom is -0.359 e. The van der Waals surface area contributed by atoms with Gasteiger partial charge in [-0.1, -0.05) is 13.8 Å². The molecule has 0 N–H and O–H groups in total. The number of Topliss-reactive ketones (excluding diaryl/α,β-unsaturated/α-hetero) is 1. The number of hydrogen-bond donors (Lipinski definition) is 0. The number of ketones is 1. The molecule has 2 aliphatic carbocycles. The number of carbonyl (C=O) groups excluding carboxylic acids is 1. The Labute approximate surface area is 97.5 Å². The van der Waals surface area contributed by atoms with Crippen molar-refractivity contribution in [3.8, 4) is 0 Å². The fraction of sp³-hybridized carbons (Fsp3) is 0.923. The van der Waals surface area contributed by atoms with E-state index in [-0.39, 0.29) is 10.8 Å². The number of fused-ring (bicyclic) bond motifs is 1. The highest BCUT2D eigenvalue weighted by Gasteiger charge is 2.56. The Morgan fingerprint density at radius 3 is 2.81 bits per heavy atom. The van der Waals surface area contributed by atoms with E-state index in [9.17, 15) is 4.79 Å². The molecule has 0 aliphatic heterocycles. The largest absolute Gasteiger partial charge is 0.359 e. The van der Waals surface area contributed by atoms with Gasteiger partial charge in [0.2, 0.25) is 0 Å². The van der Waals surface area contributed by atoms with Crippen LogP contribution >= 0.6 is 0 Å². The van der Waals surface area contributed by atoms with Crippen LogP contribution in [0.1, 0.15) is 39.5 Å². The van der Waals surface area contributed by atoms with Crippen LogP contribution in [0.5, 0.6) is 0 Å². The number of carbonyl (C=O) groups is 1. The maximum atomic E-state index is 11.6. The lowest BCUT2D eigenvalue weighted by Crippen LogP contribution is -2.31. The van der Waals surface area contributed by atoms with Crippen LogP contribution in [0, 0.1) is 16.7 Å². The van der Waals surface area contributed by atoms with Gasteiger partial charge in [0.15, 0.2) is 0 Å². The molecule has 2 fully saturated rings. The maximum Gasteiger partial charge on any atom is 0.146 e. The molecule has 2 rings (SSSR count). The quantitative estimate of drug-likeness (QED) is 0.545. The molecule has 0 bridgehead atoms. The topological polar surface area (TPSA) is 35.5 Å². The van der Waals surface area contributed by atoms with E-state index in [1.54, 1.807) is 7.11 Å². The smallest absolute Gasteiger partial charge is 0.146 e. The van der Waals surface area contributed by atoms with E-state index >= 15 is 0 Å². The number of rotatable bonds is 4. The molecule has 2 aliphatic rings. The van der Waals surface area contributed by atoms with Crippen LogP contribution in [-0.4, -0.2) is 26.3 Å². The molecule has 0 aromatic carbocycles. The second-order valence-electron chi connectivity index (χ2n) is 6.04. The molecule has 0 aromatic rings. The zero-order valence-electron chi connectivity index (χ0n) is 10.5. The number of methoxy groups -OCH3 is 1. The summed E-state index contributed by atoms with van der Waals surface area (Å²) in [5.74, 6) is 0.939. The van der Waals surface area contributed by atoms with Crippen molar-refractivity contribution in [2.24, 2.45) is 16.7 Å². The van der Waals surface area contributed by atoms with Crippen LogP contribution in [0.15, 0.2) is 0 Å². The van der Waals surface area contributed by atoms with Gasteiger partial charge in [-0.05, 0) is 29.6 Å². The van der Waals surface area contributed by atoms with Crippen LogP contribution in [-0.2, 0) is 14.3 Å². The fourth-order valence-electron chi connectivity index (χ4n) is 3.75. The molecule has 0 unspecified atom stereocenters. The third-order valence-corrected chi connectivity index (χ3v) is 4.62. The molecular weight excluding hydrogens is 204 g/mol. The van der Waals surface area contributed by atoms with Gasteiger partial charge < -0.3 is 9.47 Å². The van der Waals surface area contributed by atoms with Crippen molar-refractivity contribution in [1.82, 2.24) is 0 Å². The average molecular weight is 226 g/mol. The van der Waals surface area contributed by atoms with Gasteiger partial charge in [-0.15, -0.1) is 0 Å². The van der Waals surface area contributed by atoms with Crippen LogP contribution in [0.4, 0.5) is 0 Å². The van der Waals surface area contributed by atoms with Gasteiger partial charge >= 0.3 is 0 Å². The minimum atomic E-state index is 0.166. The summed E-state index contributed by atoms with van der Waals surface area (Å²) in [7, 11) is 1.64.